The Morgan fingerprint density at radius 2 is 2.16 bits per heavy atom. The molecule has 1 aromatic rings. The predicted octanol–water partition coefficient (Wildman–Crippen LogP) is 3.06. The maximum atomic E-state index is 12.5. The zero-order valence-corrected chi connectivity index (χ0v) is 12.2. The highest BCUT2D eigenvalue weighted by atomic mass is 16.5. The Bertz CT molecular complexity index is 474. The van der Waals surface area contributed by atoms with Crippen molar-refractivity contribution in [2.75, 3.05) is 13.7 Å². The minimum absolute atomic E-state index is 0.00731. The van der Waals surface area contributed by atoms with E-state index in [9.17, 15) is 4.79 Å². The first-order chi connectivity index (χ1) is 9.04. The van der Waals surface area contributed by atoms with Gasteiger partial charge in [-0.05, 0) is 55.5 Å². The van der Waals surface area contributed by atoms with Crippen molar-refractivity contribution in [3.8, 4) is 5.75 Å². The zero-order valence-electron chi connectivity index (χ0n) is 12.2. The lowest BCUT2D eigenvalue weighted by Crippen LogP contribution is -2.31. The molecular formula is C16H23NO2. The highest BCUT2D eigenvalue weighted by Crippen LogP contribution is 2.30. The van der Waals surface area contributed by atoms with Crippen LogP contribution in [0.25, 0.3) is 0 Å². The minimum Gasteiger partial charge on any atom is -0.496 e. The zero-order chi connectivity index (χ0) is 14.0. The molecule has 0 aliphatic carbocycles. The summed E-state index contributed by atoms with van der Waals surface area (Å²) in [6, 6.07) is 3.99. The van der Waals surface area contributed by atoms with Crippen LogP contribution < -0.4 is 10.1 Å². The molecule has 1 fully saturated rings. The van der Waals surface area contributed by atoms with Gasteiger partial charge in [0.2, 0.25) is 0 Å². The molecule has 0 amide bonds. The van der Waals surface area contributed by atoms with E-state index in [4.69, 9.17) is 4.74 Å². The van der Waals surface area contributed by atoms with Gasteiger partial charge in [0.25, 0.3) is 0 Å². The third kappa shape index (κ3) is 2.81. The molecule has 0 aromatic heterocycles. The summed E-state index contributed by atoms with van der Waals surface area (Å²) in [5.74, 6) is 1.45. The molecule has 1 aliphatic rings. The quantitative estimate of drug-likeness (QED) is 0.847. The predicted molar refractivity (Wildman–Crippen MR) is 77.2 cm³/mol. The second kappa shape index (κ2) is 5.74. The number of hydrogen-bond donors (Lipinski definition) is 1. The number of methoxy groups -OCH3 is 1. The first-order valence-corrected chi connectivity index (χ1v) is 7.00. The van der Waals surface area contributed by atoms with Gasteiger partial charge in [0.15, 0.2) is 5.78 Å². The van der Waals surface area contributed by atoms with E-state index in [1.165, 1.54) is 0 Å². The normalized spacial score (nSPS) is 18.9. The van der Waals surface area contributed by atoms with E-state index < -0.39 is 0 Å². The average Bonchev–Trinajstić information content (AvgIpc) is 2.91. The molecule has 1 aliphatic heterocycles. The highest BCUT2D eigenvalue weighted by molar-refractivity contribution is 6.01. The first-order valence-electron chi connectivity index (χ1n) is 7.00. The topological polar surface area (TPSA) is 38.3 Å². The molecule has 3 nitrogen and oxygen atoms in total. The molecule has 0 bridgehead atoms. The molecule has 19 heavy (non-hydrogen) atoms. The molecule has 1 unspecified atom stereocenters. The lowest BCUT2D eigenvalue weighted by Gasteiger charge is -2.17. The van der Waals surface area contributed by atoms with Crippen LogP contribution in [-0.2, 0) is 0 Å². The minimum atomic E-state index is -0.00731. The van der Waals surface area contributed by atoms with Crippen LogP contribution >= 0.6 is 0 Å². The first kappa shape index (κ1) is 14.1. The summed E-state index contributed by atoms with van der Waals surface area (Å²) in [5.41, 5.74) is 2.94. The maximum Gasteiger partial charge on any atom is 0.180 e. The van der Waals surface area contributed by atoms with Crippen LogP contribution in [0, 0.1) is 6.92 Å². The Morgan fingerprint density at radius 3 is 2.68 bits per heavy atom. The summed E-state index contributed by atoms with van der Waals surface area (Å²) in [4.78, 5) is 12.5. The molecule has 104 valence electrons. The van der Waals surface area contributed by atoms with Gasteiger partial charge >= 0.3 is 0 Å². The number of hydrogen-bond acceptors (Lipinski definition) is 3. The van der Waals surface area contributed by atoms with Crippen LogP contribution in [0.5, 0.6) is 5.75 Å². The van der Waals surface area contributed by atoms with Crippen molar-refractivity contribution >= 4 is 5.78 Å². The number of benzene rings is 1. The fraction of sp³-hybridized carbons (Fsp3) is 0.562. The summed E-state index contributed by atoms with van der Waals surface area (Å²) in [6.07, 6.45) is 2.03. The second-order valence-electron chi connectivity index (χ2n) is 5.58. The maximum absolute atomic E-state index is 12.5. The molecule has 0 spiro atoms. The van der Waals surface area contributed by atoms with Crippen LogP contribution in [0.1, 0.15) is 54.1 Å². The second-order valence-corrected chi connectivity index (χ2v) is 5.58. The van der Waals surface area contributed by atoms with Crippen molar-refractivity contribution in [2.24, 2.45) is 0 Å². The van der Waals surface area contributed by atoms with Gasteiger partial charge in [-0.2, -0.15) is 0 Å². The number of Topliss-reactive ketones (excluding diaryl/α,β-unsaturated/α-hetero) is 1. The molecular weight excluding hydrogens is 238 g/mol. The largest absolute Gasteiger partial charge is 0.496 e. The van der Waals surface area contributed by atoms with Crippen molar-refractivity contribution in [1.29, 1.82) is 0 Å². The van der Waals surface area contributed by atoms with Gasteiger partial charge in [0, 0.05) is 5.56 Å². The van der Waals surface area contributed by atoms with Crippen LogP contribution in [0.15, 0.2) is 12.1 Å². The highest BCUT2D eigenvalue weighted by Gasteiger charge is 2.25. The standard InChI is InChI=1S/C16H23NO2/c1-10(2)12-9-13(11(3)8-15(12)19-4)16(18)14-6-5-7-17-14/h8-10,14,17H,5-7H2,1-4H3. The molecule has 1 aromatic carbocycles. The smallest absolute Gasteiger partial charge is 0.180 e. The van der Waals surface area contributed by atoms with Gasteiger partial charge in [-0.3, -0.25) is 4.79 Å². The van der Waals surface area contributed by atoms with E-state index in [0.29, 0.717) is 5.92 Å². The average molecular weight is 261 g/mol. The molecule has 0 radical (unpaired) electrons. The summed E-state index contributed by atoms with van der Waals surface area (Å²) < 4.78 is 5.42. The number of carbonyl (C=O) groups excluding carboxylic acids is 1. The van der Waals surface area contributed by atoms with Crippen molar-refractivity contribution in [2.45, 2.75) is 45.6 Å². The van der Waals surface area contributed by atoms with Gasteiger partial charge in [0.05, 0.1) is 13.2 Å². The molecule has 2 rings (SSSR count). The Morgan fingerprint density at radius 1 is 1.42 bits per heavy atom. The number of nitrogens with one attached hydrogen (secondary N) is 1. The van der Waals surface area contributed by atoms with E-state index >= 15 is 0 Å². The monoisotopic (exact) mass is 261 g/mol. The SMILES string of the molecule is COc1cc(C)c(C(=O)C2CCCN2)cc1C(C)C. The van der Waals surface area contributed by atoms with Crippen LogP contribution in [-0.4, -0.2) is 25.5 Å². The molecule has 1 atom stereocenters. The number of ether oxygens (including phenoxy) is 1. The van der Waals surface area contributed by atoms with Crippen LogP contribution in [0.2, 0.25) is 0 Å². The lowest BCUT2D eigenvalue weighted by atomic mass is 9.92. The third-order valence-corrected chi connectivity index (χ3v) is 3.84. The van der Waals surface area contributed by atoms with Crippen LogP contribution in [0.4, 0.5) is 0 Å². The van der Waals surface area contributed by atoms with E-state index in [2.05, 4.69) is 19.2 Å². The number of rotatable bonds is 4. The fourth-order valence-electron chi connectivity index (χ4n) is 2.69. The van der Waals surface area contributed by atoms with Crippen molar-refractivity contribution in [3.05, 3.63) is 28.8 Å². The number of ketones is 1. The van der Waals surface area contributed by atoms with E-state index in [1.54, 1.807) is 7.11 Å². The van der Waals surface area contributed by atoms with E-state index in [0.717, 1.165) is 41.8 Å². The van der Waals surface area contributed by atoms with Crippen molar-refractivity contribution in [3.63, 3.8) is 0 Å². The van der Waals surface area contributed by atoms with E-state index in [1.807, 2.05) is 19.1 Å². The van der Waals surface area contributed by atoms with Crippen LogP contribution in [0.3, 0.4) is 0 Å². The Labute approximate surface area is 115 Å². The molecule has 3 heteroatoms. The molecule has 1 saturated heterocycles. The van der Waals surface area contributed by atoms with Crippen molar-refractivity contribution in [1.82, 2.24) is 5.32 Å². The molecule has 1 heterocycles. The third-order valence-electron chi connectivity index (χ3n) is 3.84. The van der Waals surface area contributed by atoms with Gasteiger partial charge in [-0.1, -0.05) is 13.8 Å². The Kier molecular flexibility index (Phi) is 4.25. The Hall–Kier alpha value is -1.35. The number of aryl methyl sites for hydroxylation is 1. The van der Waals surface area contributed by atoms with Gasteiger partial charge < -0.3 is 10.1 Å². The summed E-state index contributed by atoms with van der Waals surface area (Å²) >= 11 is 0. The van der Waals surface area contributed by atoms with Crippen molar-refractivity contribution < 1.29 is 9.53 Å². The fourth-order valence-corrected chi connectivity index (χ4v) is 2.69. The number of carbonyl (C=O) groups is 1. The lowest BCUT2D eigenvalue weighted by molar-refractivity contribution is 0.0951. The molecule has 0 saturated carbocycles. The summed E-state index contributed by atoms with van der Waals surface area (Å²) in [5, 5.41) is 3.28. The van der Waals surface area contributed by atoms with Gasteiger partial charge in [-0.15, -0.1) is 0 Å². The summed E-state index contributed by atoms with van der Waals surface area (Å²) in [6.45, 7) is 7.17. The van der Waals surface area contributed by atoms with Gasteiger partial charge in [0.1, 0.15) is 5.75 Å². The van der Waals surface area contributed by atoms with E-state index in [-0.39, 0.29) is 11.8 Å². The summed E-state index contributed by atoms with van der Waals surface area (Å²) in [7, 11) is 1.68. The Balaban J connectivity index is 2.39. The molecule has 1 N–H and O–H groups in total. The van der Waals surface area contributed by atoms with Gasteiger partial charge in [-0.25, -0.2) is 0 Å².